The summed E-state index contributed by atoms with van der Waals surface area (Å²) in [6.45, 7) is 3.22. The molecule has 0 fully saturated rings. The Morgan fingerprint density at radius 3 is 1.94 bits per heavy atom. The molecule has 1 N–H and O–H groups in total. The van der Waals surface area contributed by atoms with Crippen molar-refractivity contribution in [3.05, 3.63) is 0 Å². The van der Waals surface area contributed by atoms with E-state index >= 15 is 0 Å². The molecule has 94 valence electrons. The van der Waals surface area contributed by atoms with Crippen LogP contribution < -0.4 is 0 Å². The number of carboxylic acids is 1. The van der Waals surface area contributed by atoms with E-state index in [9.17, 15) is 14.2 Å². The fourth-order valence-corrected chi connectivity index (χ4v) is 2.27. The van der Waals surface area contributed by atoms with Crippen molar-refractivity contribution in [2.45, 2.75) is 13.8 Å². The Kier molecular flexibility index (Phi) is 5.86. The molecule has 0 rings (SSSR count). The molecule has 0 heterocycles. The molecule has 0 radical (unpaired) electrons. The molecule has 0 amide bonds. The predicted molar refractivity (Wildman–Crippen MR) is 57.5 cm³/mol. The minimum atomic E-state index is -3.48. The lowest BCUT2D eigenvalue weighted by Gasteiger charge is -2.18. The van der Waals surface area contributed by atoms with Crippen LogP contribution in [0.5, 0.6) is 0 Å². The van der Waals surface area contributed by atoms with Gasteiger partial charge in [-0.05, 0) is 5.92 Å². The van der Waals surface area contributed by atoms with Crippen molar-refractivity contribution in [1.82, 2.24) is 0 Å². The summed E-state index contributed by atoms with van der Waals surface area (Å²) in [6.07, 6.45) is -0.519. The van der Waals surface area contributed by atoms with Crippen LogP contribution in [0.2, 0.25) is 0 Å². The maximum Gasteiger partial charge on any atom is 0.337 e. The van der Waals surface area contributed by atoms with Crippen LogP contribution >= 0.6 is 7.60 Å². The smallest absolute Gasteiger partial charge is 0.337 e. The van der Waals surface area contributed by atoms with Crippen LogP contribution in [-0.2, 0) is 23.2 Å². The number of carboxylic acid groups (broad SMARTS) is 1. The molecule has 0 aliphatic rings. The molecular formula is C9H17O6P. The summed E-state index contributed by atoms with van der Waals surface area (Å²) >= 11 is 0. The van der Waals surface area contributed by atoms with E-state index in [-0.39, 0.29) is 5.92 Å². The fourth-order valence-electron chi connectivity index (χ4n) is 1.29. The molecule has 7 heteroatoms. The highest BCUT2D eigenvalue weighted by Gasteiger charge is 2.35. The van der Waals surface area contributed by atoms with Gasteiger partial charge in [-0.1, -0.05) is 13.8 Å². The molecule has 0 spiro atoms. The van der Waals surface area contributed by atoms with Crippen LogP contribution in [0, 0.1) is 11.8 Å². The third-order valence-corrected chi connectivity index (χ3v) is 4.00. The molecule has 1 unspecified atom stereocenters. The van der Waals surface area contributed by atoms with Crippen LogP contribution in [0.25, 0.3) is 0 Å². The molecule has 0 aliphatic heterocycles. The number of rotatable bonds is 7. The van der Waals surface area contributed by atoms with Gasteiger partial charge in [0.25, 0.3) is 0 Å². The number of Topliss-reactive ketones (excluding diaryl/α,β-unsaturated/α-hetero) is 1. The first kappa shape index (κ1) is 15.3. The van der Waals surface area contributed by atoms with Crippen molar-refractivity contribution in [1.29, 1.82) is 0 Å². The highest BCUT2D eigenvalue weighted by Crippen LogP contribution is 2.46. The van der Waals surface area contributed by atoms with Crippen molar-refractivity contribution in [3.63, 3.8) is 0 Å². The molecule has 16 heavy (non-hydrogen) atoms. The van der Waals surface area contributed by atoms with E-state index in [1.807, 2.05) is 0 Å². The van der Waals surface area contributed by atoms with Crippen molar-refractivity contribution < 1.29 is 28.3 Å². The summed E-state index contributed by atoms with van der Waals surface area (Å²) in [7, 11) is -1.17. The number of carbonyl (C=O) groups excluding carboxylic acids is 1. The van der Waals surface area contributed by atoms with Crippen LogP contribution in [0.3, 0.4) is 0 Å². The fraction of sp³-hybridized carbons (Fsp3) is 0.778. The Morgan fingerprint density at radius 2 is 1.69 bits per heavy atom. The van der Waals surface area contributed by atoms with E-state index in [1.165, 1.54) is 0 Å². The SMILES string of the molecule is COP(=O)(CC(=O)C(C(=O)O)C(C)C)OC. The maximum absolute atomic E-state index is 11.7. The highest BCUT2D eigenvalue weighted by atomic mass is 31.2. The quantitative estimate of drug-likeness (QED) is 0.544. The van der Waals surface area contributed by atoms with Gasteiger partial charge in [0.05, 0.1) is 0 Å². The summed E-state index contributed by atoms with van der Waals surface area (Å²) in [5.41, 5.74) is 0. The van der Waals surface area contributed by atoms with Gasteiger partial charge in [0, 0.05) is 14.2 Å². The molecule has 0 aromatic carbocycles. The topological polar surface area (TPSA) is 89.9 Å². The minimum Gasteiger partial charge on any atom is -0.481 e. The Bertz CT molecular complexity index is 303. The molecular weight excluding hydrogens is 235 g/mol. The second-order valence-electron chi connectivity index (χ2n) is 3.66. The largest absolute Gasteiger partial charge is 0.481 e. The molecule has 0 aliphatic carbocycles. The van der Waals surface area contributed by atoms with Crippen molar-refractivity contribution >= 4 is 19.3 Å². The molecule has 0 bridgehead atoms. The van der Waals surface area contributed by atoms with Gasteiger partial charge in [-0.25, -0.2) is 0 Å². The third kappa shape index (κ3) is 4.04. The summed E-state index contributed by atoms with van der Waals surface area (Å²) in [6, 6.07) is 0. The first-order chi connectivity index (χ1) is 7.27. The zero-order chi connectivity index (χ0) is 12.9. The van der Waals surface area contributed by atoms with Gasteiger partial charge in [0.1, 0.15) is 12.1 Å². The van der Waals surface area contributed by atoms with Gasteiger partial charge in [0.2, 0.25) is 0 Å². The van der Waals surface area contributed by atoms with E-state index in [0.717, 1.165) is 14.2 Å². The lowest BCUT2D eigenvalue weighted by molar-refractivity contribution is -0.147. The average molecular weight is 252 g/mol. The lowest BCUT2D eigenvalue weighted by atomic mass is 9.92. The Labute approximate surface area is 94.5 Å². The second-order valence-corrected chi connectivity index (χ2v) is 5.93. The van der Waals surface area contributed by atoms with Crippen LogP contribution in [0.15, 0.2) is 0 Å². The molecule has 0 saturated heterocycles. The van der Waals surface area contributed by atoms with Gasteiger partial charge < -0.3 is 14.2 Å². The van der Waals surface area contributed by atoms with Gasteiger partial charge in [-0.15, -0.1) is 0 Å². The van der Waals surface area contributed by atoms with E-state index in [0.29, 0.717) is 0 Å². The first-order valence-corrected chi connectivity index (χ1v) is 6.46. The van der Waals surface area contributed by atoms with Crippen LogP contribution in [-0.4, -0.2) is 37.2 Å². The molecule has 1 atom stereocenters. The number of carbonyl (C=O) groups is 2. The van der Waals surface area contributed by atoms with E-state index in [2.05, 4.69) is 9.05 Å². The highest BCUT2D eigenvalue weighted by molar-refractivity contribution is 7.54. The zero-order valence-corrected chi connectivity index (χ0v) is 10.7. The molecule has 0 aromatic heterocycles. The maximum atomic E-state index is 11.7. The zero-order valence-electron chi connectivity index (χ0n) is 9.80. The van der Waals surface area contributed by atoms with E-state index in [1.54, 1.807) is 13.8 Å². The Balaban J connectivity index is 4.79. The standard InChI is InChI=1S/C9H17O6P/c1-6(2)8(9(11)12)7(10)5-16(13,14-3)15-4/h6,8H,5H2,1-4H3,(H,11,12). The second kappa shape index (κ2) is 6.13. The van der Waals surface area contributed by atoms with Crippen molar-refractivity contribution in [2.75, 3.05) is 20.4 Å². The average Bonchev–Trinajstić information content (AvgIpc) is 2.16. The van der Waals surface area contributed by atoms with Crippen molar-refractivity contribution in [2.24, 2.45) is 11.8 Å². The number of hydrogen-bond donors (Lipinski definition) is 1. The van der Waals surface area contributed by atoms with E-state index < -0.39 is 31.4 Å². The number of aliphatic carboxylic acids is 1. The Hall–Kier alpha value is -0.710. The lowest BCUT2D eigenvalue weighted by Crippen LogP contribution is -2.31. The first-order valence-electron chi connectivity index (χ1n) is 4.73. The minimum absolute atomic E-state index is 0.368. The summed E-state index contributed by atoms with van der Waals surface area (Å²) in [5.74, 6) is -3.42. The summed E-state index contributed by atoms with van der Waals surface area (Å²) in [4.78, 5) is 22.5. The normalized spacial score (nSPS) is 13.8. The summed E-state index contributed by atoms with van der Waals surface area (Å²) in [5, 5.41) is 8.86. The Morgan fingerprint density at radius 1 is 1.25 bits per heavy atom. The summed E-state index contributed by atoms with van der Waals surface area (Å²) < 4.78 is 20.8. The number of ketones is 1. The van der Waals surface area contributed by atoms with Gasteiger partial charge in [-0.2, -0.15) is 0 Å². The van der Waals surface area contributed by atoms with Crippen LogP contribution in [0.1, 0.15) is 13.8 Å². The molecule has 0 saturated carbocycles. The third-order valence-electron chi connectivity index (χ3n) is 2.19. The molecule has 0 aromatic rings. The number of hydrogen-bond acceptors (Lipinski definition) is 5. The molecule has 6 nitrogen and oxygen atoms in total. The van der Waals surface area contributed by atoms with E-state index in [4.69, 9.17) is 5.11 Å². The van der Waals surface area contributed by atoms with Gasteiger partial charge >= 0.3 is 13.6 Å². The van der Waals surface area contributed by atoms with Gasteiger partial charge in [0.15, 0.2) is 5.78 Å². The monoisotopic (exact) mass is 252 g/mol. The van der Waals surface area contributed by atoms with Gasteiger partial charge in [-0.3, -0.25) is 14.2 Å². The van der Waals surface area contributed by atoms with Crippen LogP contribution in [0.4, 0.5) is 0 Å². The van der Waals surface area contributed by atoms with Crippen molar-refractivity contribution in [3.8, 4) is 0 Å². The predicted octanol–water partition coefficient (Wildman–Crippen LogP) is 1.40.